The Hall–Kier alpha value is -2.45. The summed E-state index contributed by atoms with van der Waals surface area (Å²) < 4.78 is 10.8. The lowest BCUT2D eigenvalue weighted by molar-refractivity contribution is -0.906. The number of rotatable bonds is 8. The molecule has 0 bridgehead atoms. The fourth-order valence-electron chi connectivity index (χ4n) is 2.89. The molecule has 8 nitrogen and oxygen atoms in total. The summed E-state index contributed by atoms with van der Waals surface area (Å²) in [6.07, 6.45) is 0.437. The van der Waals surface area contributed by atoms with E-state index in [4.69, 9.17) is 9.47 Å². The molecule has 0 spiro atoms. The smallest absolute Gasteiger partial charge is 0.274 e. The van der Waals surface area contributed by atoms with Crippen LogP contribution < -0.4 is 20.5 Å². The second-order valence-electron chi connectivity index (χ2n) is 6.24. The van der Waals surface area contributed by atoms with E-state index < -0.39 is 0 Å². The van der Waals surface area contributed by atoms with Crippen LogP contribution >= 0.6 is 0 Å². The van der Waals surface area contributed by atoms with Gasteiger partial charge in [-0.05, 0) is 24.6 Å². The molecular weight excluding hydrogens is 334 g/mol. The van der Waals surface area contributed by atoms with Crippen LogP contribution in [0, 0.1) is 0 Å². The minimum Gasteiger partial charge on any atom is -0.494 e. The van der Waals surface area contributed by atoms with Gasteiger partial charge in [0.15, 0.2) is 0 Å². The van der Waals surface area contributed by atoms with Crippen LogP contribution in [0.5, 0.6) is 5.75 Å². The Balaban J connectivity index is 1.52. The molecular formula is C18H26N5O3+. The number of anilines is 1. The predicted molar refractivity (Wildman–Crippen MR) is 97.9 cm³/mol. The lowest BCUT2D eigenvalue weighted by Gasteiger charge is -2.23. The molecule has 0 unspecified atom stereocenters. The Morgan fingerprint density at radius 1 is 1.23 bits per heavy atom. The molecule has 0 radical (unpaired) electrons. The summed E-state index contributed by atoms with van der Waals surface area (Å²) in [4.78, 5) is 16.5. The molecule has 8 heteroatoms. The predicted octanol–water partition coefficient (Wildman–Crippen LogP) is -0.519. The van der Waals surface area contributed by atoms with Crippen molar-refractivity contribution in [2.75, 3.05) is 51.3 Å². The van der Waals surface area contributed by atoms with Crippen molar-refractivity contribution in [2.24, 2.45) is 0 Å². The molecule has 0 aliphatic carbocycles. The molecule has 0 amide bonds. The van der Waals surface area contributed by atoms with E-state index >= 15 is 0 Å². The molecule has 1 saturated heterocycles. The fourth-order valence-corrected chi connectivity index (χ4v) is 2.89. The van der Waals surface area contributed by atoms with Crippen molar-refractivity contribution in [2.45, 2.75) is 13.3 Å². The molecule has 0 saturated carbocycles. The van der Waals surface area contributed by atoms with Gasteiger partial charge in [-0.25, -0.2) is 0 Å². The fraction of sp³-hybridized carbons (Fsp3) is 0.500. The monoisotopic (exact) mass is 360 g/mol. The average molecular weight is 360 g/mol. The summed E-state index contributed by atoms with van der Waals surface area (Å²) in [6, 6.07) is 7.65. The third-order valence-corrected chi connectivity index (χ3v) is 4.34. The summed E-state index contributed by atoms with van der Waals surface area (Å²) in [5.41, 5.74) is 1.18. The number of H-pyrrole nitrogens is 1. The molecule has 2 heterocycles. The van der Waals surface area contributed by atoms with E-state index in [0.29, 0.717) is 24.7 Å². The van der Waals surface area contributed by atoms with Crippen LogP contribution in [0.3, 0.4) is 0 Å². The highest BCUT2D eigenvalue weighted by Gasteiger charge is 2.13. The maximum absolute atomic E-state index is 12.2. The van der Waals surface area contributed by atoms with Crippen molar-refractivity contribution >= 4 is 5.95 Å². The average Bonchev–Trinajstić information content (AvgIpc) is 2.66. The zero-order chi connectivity index (χ0) is 18.2. The zero-order valence-corrected chi connectivity index (χ0v) is 15.1. The van der Waals surface area contributed by atoms with Crippen LogP contribution in [-0.4, -0.2) is 61.2 Å². The lowest BCUT2D eigenvalue weighted by atomic mass is 10.1. The van der Waals surface area contributed by atoms with E-state index in [-0.39, 0.29) is 5.56 Å². The van der Waals surface area contributed by atoms with Gasteiger partial charge in [0.2, 0.25) is 5.95 Å². The highest BCUT2D eigenvalue weighted by molar-refractivity contribution is 5.30. The molecule has 1 aliphatic heterocycles. The van der Waals surface area contributed by atoms with Crippen molar-refractivity contribution in [1.29, 1.82) is 0 Å². The van der Waals surface area contributed by atoms with Crippen LogP contribution in [0.1, 0.15) is 18.2 Å². The van der Waals surface area contributed by atoms with Crippen molar-refractivity contribution in [3.05, 3.63) is 45.9 Å². The van der Waals surface area contributed by atoms with Crippen LogP contribution in [0.2, 0.25) is 0 Å². The number of morpholine rings is 1. The number of hydrogen-bond acceptors (Lipinski definition) is 6. The van der Waals surface area contributed by atoms with Crippen LogP contribution in [0.4, 0.5) is 5.95 Å². The van der Waals surface area contributed by atoms with Gasteiger partial charge in [-0.3, -0.25) is 9.78 Å². The van der Waals surface area contributed by atoms with E-state index in [9.17, 15) is 4.79 Å². The first-order valence-electron chi connectivity index (χ1n) is 9.07. The summed E-state index contributed by atoms with van der Waals surface area (Å²) in [7, 11) is 0. The molecule has 1 aliphatic rings. The highest BCUT2D eigenvalue weighted by Crippen LogP contribution is 2.13. The maximum atomic E-state index is 12.2. The minimum atomic E-state index is -0.213. The van der Waals surface area contributed by atoms with E-state index in [1.807, 2.05) is 31.2 Å². The minimum absolute atomic E-state index is 0.213. The van der Waals surface area contributed by atoms with Crippen molar-refractivity contribution in [3.8, 4) is 5.75 Å². The lowest BCUT2D eigenvalue weighted by Crippen LogP contribution is -3.14. The van der Waals surface area contributed by atoms with Gasteiger partial charge in [0.1, 0.15) is 24.5 Å². The van der Waals surface area contributed by atoms with Gasteiger partial charge in [0, 0.05) is 6.42 Å². The number of hydrogen-bond donors (Lipinski definition) is 3. The topological polar surface area (TPSA) is 93.6 Å². The highest BCUT2D eigenvalue weighted by atomic mass is 16.5. The Kier molecular flexibility index (Phi) is 6.56. The Labute approximate surface area is 152 Å². The first-order valence-corrected chi connectivity index (χ1v) is 9.07. The van der Waals surface area contributed by atoms with E-state index in [0.717, 1.165) is 50.7 Å². The van der Waals surface area contributed by atoms with Gasteiger partial charge in [-0.1, -0.05) is 12.1 Å². The molecule has 1 aromatic heterocycles. The number of nitrogens with zero attached hydrogens (tertiary/aromatic N) is 2. The summed E-state index contributed by atoms with van der Waals surface area (Å²) in [5, 5.41) is 11.3. The SMILES string of the molecule is CCOc1ccc(Cc2nnc(NCC[NH+]3CCOCC3)[nH]c2=O)cc1. The van der Waals surface area contributed by atoms with Crippen LogP contribution in [0.25, 0.3) is 0 Å². The second kappa shape index (κ2) is 9.30. The summed E-state index contributed by atoms with van der Waals surface area (Å²) in [5.74, 6) is 1.23. The quantitative estimate of drug-likeness (QED) is 0.587. The van der Waals surface area contributed by atoms with Gasteiger partial charge in [-0.15, -0.1) is 10.2 Å². The molecule has 140 valence electrons. The second-order valence-corrected chi connectivity index (χ2v) is 6.24. The first kappa shape index (κ1) is 18.3. The number of ether oxygens (including phenoxy) is 2. The Morgan fingerprint density at radius 3 is 2.69 bits per heavy atom. The largest absolute Gasteiger partial charge is 0.494 e. The summed E-state index contributed by atoms with van der Waals surface area (Å²) >= 11 is 0. The Bertz CT molecular complexity index is 741. The van der Waals surface area contributed by atoms with Gasteiger partial charge >= 0.3 is 0 Å². The zero-order valence-electron chi connectivity index (χ0n) is 15.1. The molecule has 3 N–H and O–H groups in total. The molecule has 26 heavy (non-hydrogen) atoms. The van der Waals surface area contributed by atoms with E-state index in [1.165, 1.54) is 4.90 Å². The number of aromatic nitrogens is 3. The van der Waals surface area contributed by atoms with Crippen LogP contribution in [0.15, 0.2) is 29.1 Å². The van der Waals surface area contributed by atoms with Gasteiger partial charge in [0.25, 0.3) is 5.56 Å². The molecule has 1 aromatic carbocycles. The number of aromatic amines is 1. The maximum Gasteiger partial charge on any atom is 0.274 e. The van der Waals surface area contributed by atoms with E-state index in [1.54, 1.807) is 0 Å². The van der Waals surface area contributed by atoms with Crippen molar-refractivity contribution < 1.29 is 14.4 Å². The van der Waals surface area contributed by atoms with E-state index in [2.05, 4.69) is 20.5 Å². The number of nitrogens with one attached hydrogen (secondary N) is 3. The number of benzene rings is 1. The summed E-state index contributed by atoms with van der Waals surface area (Å²) in [6.45, 7) is 7.93. The molecule has 3 rings (SSSR count). The van der Waals surface area contributed by atoms with Crippen molar-refractivity contribution in [1.82, 2.24) is 15.2 Å². The van der Waals surface area contributed by atoms with Gasteiger partial charge < -0.3 is 19.7 Å². The number of quaternary nitrogens is 1. The molecule has 1 fully saturated rings. The van der Waals surface area contributed by atoms with Crippen molar-refractivity contribution in [3.63, 3.8) is 0 Å². The van der Waals surface area contributed by atoms with Gasteiger partial charge in [0.05, 0.1) is 32.9 Å². The first-order chi connectivity index (χ1) is 12.7. The normalized spacial score (nSPS) is 15.0. The van der Waals surface area contributed by atoms with Crippen LogP contribution in [-0.2, 0) is 11.2 Å². The molecule has 0 atom stereocenters. The standard InChI is InChI=1S/C18H25N5O3/c1-2-26-15-5-3-14(4-6-15)13-16-17(24)20-18(22-21-16)19-7-8-23-9-11-25-12-10-23/h3-6H,2,7-13H2,1H3,(H2,19,20,22,24)/p+1. The Morgan fingerprint density at radius 2 is 2.00 bits per heavy atom. The van der Waals surface area contributed by atoms with Gasteiger partial charge in [-0.2, -0.15) is 0 Å². The molecule has 2 aromatic rings. The third kappa shape index (κ3) is 5.27. The third-order valence-electron chi connectivity index (χ3n) is 4.34.